The Bertz CT molecular complexity index is 608. The Labute approximate surface area is 143 Å². The molecule has 0 saturated carbocycles. The molecular weight excluding hydrogens is 394 g/mol. The van der Waals surface area contributed by atoms with E-state index in [4.69, 9.17) is 0 Å². The lowest BCUT2D eigenvalue weighted by molar-refractivity contribution is 0.526. The highest BCUT2D eigenvalue weighted by atomic mass is 79.9. The van der Waals surface area contributed by atoms with Gasteiger partial charge in [0.1, 0.15) is 0 Å². The predicted octanol–water partition coefficient (Wildman–Crippen LogP) is 4.83. The van der Waals surface area contributed by atoms with Crippen LogP contribution in [0.25, 0.3) is 0 Å². The molecule has 3 nitrogen and oxygen atoms in total. The van der Waals surface area contributed by atoms with Crippen molar-refractivity contribution in [1.29, 1.82) is 0 Å². The third-order valence-electron chi connectivity index (χ3n) is 3.63. The average molecular weight is 415 g/mol. The van der Waals surface area contributed by atoms with Crippen LogP contribution in [-0.2, 0) is 6.54 Å². The second kappa shape index (κ2) is 7.56. The number of nitrogens with zero attached hydrogens (tertiary/aromatic N) is 2. The molecule has 0 saturated heterocycles. The highest BCUT2D eigenvalue weighted by molar-refractivity contribution is 9.10. The lowest BCUT2D eigenvalue weighted by atomic mass is 9.98. The van der Waals surface area contributed by atoms with E-state index in [2.05, 4.69) is 85.9 Å². The minimum Gasteiger partial charge on any atom is -0.305 e. The van der Waals surface area contributed by atoms with Gasteiger partial charge in [-0.1, -0.05) is 35.0 Å². The number of hydrogen-bond donors (Lipinski definition) is 1. The van der Waals surface area contributed by atoms with E-state index in [0.717, 1.165) is 28.5 Å². The summed E-state index contributed by atoms with van der Waals surface area (Å²) < 4.78 is 4.25. The molecule has 21 heavy (non-hydrogen) atoms. The first kappa shape index (κ1) is 16.7. The topological polar surface area (TPSA) is 29.9 Å². The Morgan fingerprint density at radius 1 is 1.24 bits per heavy atom. The molecule has 0 bridgehead atoms. The van der Waals surface area contributed by atoms with Crippen LogP contribution in [0.3, 0.4) is 0 Å². The summed E-state index contributed by atoms with van der Waals surface area (Å²) in [5.41, 5.74) is 3.74. The lowest BCUT2D eigenvalue weighted by Gasteiger charge is -2.23. The van der Waals surface area contributed by atoms with Crippen molar-refractivity contribution >= 4 is 31.9 Å². The maximum Gasteiger partial charge on any atom is 0.0762 e. The normalized spacial score (nSPS) is 12.6. The summed E-state index contributed by atoms with van der Waals surface area (Å²) in [6.45, 7) is 8.29. The van der Waals surface area contributed by atoms with Gasteiger partial charge in [-0.2, -0.15) is 5.10 Å². The zero-order valence-electron chi connectivity index (χ0n) is 12.7. The first-order valence-electron chi connectivity index (χ1n) is 7.29. The van der Waals surface area contributed by atoms with Crippen LogP contribution in [-0.4, -0.2) is 16.3 Å². The van der Waals surface area contributed by atoms with E-state index in [9.17, 15) is 0 Å². The van der Waals surface area contributed by atoms with E-state index < -0.39 is 0 Å². The molecule has 1 heterocycles. The summed E-state index contributed by atoms with van der Waals surface area (Å²) in [5, 5.41) is 8.12. The van der Waals surface area contributed by atoms with Crippen molar-refractivity contribution in [2.45, 2.75) is 39.8 Å². The van der Waals surface area contributed by atoms with Crippen LogP contribution in [0.1, 0.15) is 43.1 Å². The fourth-order valence-electron chi connectivity index (χ4n) is 2.49. The Balaban J connectivity index is 2.52. The fourth-order valence-corrected chi connectivity index (χ4v) is 3.40. The van der Waals surface area contributed by atoms with Gasteiger partial charge in [-0.15, -0.1) is 0 Å². The zero-order valence-corrected chi connectivity index (χ0v) is 15.8. The number of rotatable bonds is 6. The average Bonchev–Trinajstić information content (AvgIpc) is 2.85. The third-order valence-corrected chi connectivity index (χ3v) is 5.10. The summed E-state index contributed by atoms with van der Waals surface area (Å²) in [7, 11) is 0. The van der Waals surface area contributed by atoms with Crippen LogP contribution in [0.5, 0.6) is 0 Å². The van der Waals surface area contributed by atoms with Crippen molar-refractivity contribution in [1.82, 2.24) is 15.1 Å². The second-order valence-corrected chi connectivity index (χ2v) is 6.74. The first-order chi connectivity index (χ1) is 10.1. The number of nitrogens with one attached hydrogen (secondary N) is 1. The summed E-state index contributed by atoms with van der Waals surface area (Å²) in [6.07, 6.45) is 2.98. The summed E-state index contributed by atoms with van der Waals surface area (Å²) in [4.78, 5) is 0. The van der Waals surface area contributed by atoms with Crippen LogP contribution in [0.15, 0.2) is 33.3 Å². The monoisotopic (exact) mass is 413 g/mol. The van der Waals surface area contributed by atoms with E-state index in [1.54, 1.807) is 0 Å². The number of hydrogen-bond acceptors (Lipinski definition) is 2. The van der Waals surface area contributed by atoms with Gasteiger partial charge < -0.3 is 5.32 Å². The smallest absolute Gasteiger partial charge is 0.0762 e. The van der Waals surface area contributed by atoms with Crippen molar-refractivity contribution in [2.24, 2.45) is 0 Å². The van der Waals surface area contributed by atoms with Crippen molar-refractivity contribution in [3.05, 3.63) is 50.2 Å². The molecule has 5 heteroatoms. The molecule has 1 aromatic carbocycles. The predicted molar refractivity (Wildman–Crippen MR) is 94.6 cm³/mol. The largest absolute Gasteiger partial charge is 0.305 e. The summed E-state index contributed by atoms with van der Waals surface area (Å²) >= 11 is 7.29. The van der Waals surface area contributed by atoms with Gasteiger partial charge in [0.15, 0.2) is 0 Å². The van der Waals surface area contributed by atoms with Gasteiger partial charge in [0.05, 0.1) is 22.4 Å². The molecule has 1 N–H and O–H groups in total. The summed E-state index contributed by atoms with van der Waals surface area (Å²) in [5.74, 6) is 0. The Morgan fingerprint density at radius 2 is 2.00 bits per heavy atom. The Kier molecular flexibility index (Phi) is 6.02. The van der Waals surface area contributed by atoms with Crippen LogP contribution in [0.2, 0.25) is 0 Å². The van der Waals surface area contributed by atoms with E-state index in [1.807, 2.05) is 6.20 Å². The zero-order chi connectivity index (χ0) is 15.4. The molecule has 2 aromatic rings. The van der Waals surface area contributed by atoms with E-state index in [0.29, 0.717) is 0 Å². The highest BCUT2D eigenvalue weighted by Gasteiger charge is 2.22. The molecule has 0 spiro atoms. The lowest BCUT2D eigenvalue weighted by Crippen LogP contribution is -2.26. The standard InChI is InChI=1S/C16H21Br2N3/c1-4-9-19-15(12-7-6-8-13(17)11(12)3)16-14(18)10-20-21(16)5-2/h6-8,10,15,19H,4-5,9H2,1-3H3. The molecule has 0 fully saturated rings. The molecule has 0 aliphatic heterocycles. The maximum absolute atomic E-state index is 4.46. The van der Waals surface area contributed by atoms with E-state index >= 15 is 0 Å². The molecule has 2 rings (SSSR count). The SMILES string of the molecule is CCCNC(c1cccc(Br)c1C)c1c(Br)cnn1CC. The molecule has 0 radical (unpaired) electrons. The fraction of sp³-hybridized carbons (Fsp3) is 0.438. The van der Waals surface area contributed by atoms with Crippen molar-refractivity contribution in [3.8, 4) is 0 Å². The molecule has 0 aliphatic carbocycles. The van der Waals surface area contributed by atoms with Gasteiger partial charge >= 0.3 is 0 Å². The van der Waals surface area contributed by atoms with Crippen molar-refractivity contribution in [2.75, 3.05) is 6.54 Å². The number of halogens is 2. The van der Waals surface area contributed by atoms with Gasteiger partial charge in [0, 0.05) is 11.0 Å². The van der Waals surface area contributed by atoms with Crippen LogP contribution in [0, 0.1) is 6.92 Å². The van der Waals surface area contributed by atoms with Crippen molar-refractivity contribution < 1.29 is 0 Å². The number of aryl methyl sites for hydroxylation is 1. The Morgan fingerprint density at radius 3 is 2.67 bits per heavy atom. The summed E-state index contributed by atoms with van der Waals surface area (Å²) in [6, 6.07) is 6.50. The molecule has 0 amide bonds. The van der Waals surface area contributed by atoms with E-state index in [1.165, 1.54) is 16.8 Å². The second-order valence-electron chi connectivity index (χ2n) is 5.03. The molecule has 114 valence electrons. The molecule has 1 atom stereocenters. The van der Waals surface area contributed by atoms with Crippen LogP contribution in [0.4, 0.5) is 0 Å². The molecular formula is C16H21Br2N3. The minimum atomic E-state index is 0.138. The molecule has 1 unspecified atom stereocenters. The molecule has 1 aromatic heterocycles. The van der Waals surface area contributed by atoms with Gasteiger partial charge in [-0.25, -0.2) is 0 Å². The van der Waals surface area contributed by atoms with Crippen molar-refractivity contribution in [3.63, 3.8) is 0 Å². The maximum atomic E-state index is 4.46. The van der Waals surface area contributed by atoms with Crippen LogP contribution < -0.4 is 5.32 Å². The van der Waals surface area contributed by atoms with Gasteiger partial charge in [-0.3, -0.25) is 4.68 Å². The van der Waals surface area contributed by atoms with E-state index in [-0.39, 0.29) is 6.04 Å². The highest BCUT2D eigenvalue weighted by Crippen LogP contribution is 2.32. The third kappa shape index (κ3) is 3.58. The number of benzene rings is 1. The van der Waals surface area contributed by atoms with Gasteiger partial charge in [0.25, 0.3) is 0 Å². The van der Waals surface area contributed by atoms with Gasteiger partial charge in [-0.05, 0) is 59.9 Å². The number of aromatic nitrogens is 2. The molecule has 0 aliphatic rings. The van der Waals surface area contributed by atoms with Crippen LogP contribution >= 0.6 is 31.9 Å². The quantitative estimate of drug-likeness (QED) is 0.733. The first-order valence-corrected chi connectivity index (χ1v) is 8.88. The van der Waals surface area contributed by atoms with Gasteiger partial charge in [0.2, 0.25) is 0 Å². The Hall–Kier alpha value is -0.650. The minimum absolute atomic E-state index is 0.138.